The molecule has 1 aromatic heterocycles. The Bertz CT molecular complexity index is 603. The molecule has 0 fully saturated rings. The molecule has 2 aromatic rings. The molecule has 0 unspecified atom stereocenters. The quantitative estimate of drug-likeness (QED) is 0.850. The molecule has 0 radical (unpaired) electrons. The van der Waals surface area contributed by atoms with Gasteiger partial charge in [0.15, 0.2) is 5.76 Å². The molecule has 0 aliphatic heterocycles. The van der Waals surface area contributed by atoms with Crippen LogP contribution in [0.4, 0.5) is 0 Å². The Morgan fingerprint density at radius 3 is 2.58 bits per heavy atom. The van der Waals surface area contributed by atoms with Crippen LogP contribution in [-0.2, 0) is 6.61 Å². The van der Waals surface area contributed by atoms with Gasteiger partial charge in [-0.2, -0.15) is 0 Å². The molecule has 0 bridgehead atoms. The van der Waals surface area contributed by atoms with Gasteiger partial charge in [-0.1, -0.05) is 44.2 Å². The van der Waals surface area contributed by atoms with Gasteiger partial charge in [0, 0.05) is 5.92 Å². The van der Waals surface area contributed by atoms with Crippen molar-refractivity contribution in [2.24, 2.45) is 0 Å². The first-order valence-electron chi connectivity index (χ1n) is 6.07. The first-order valence-corrected chi connectivity index (χ1v) is 6.87. The van der Waals surface area contributed by atoms with E-state index in [4.69, 9.17) is 9.15 Å². The van der Waals surface area contributed by atoms with Gasteiger partial charge in [-0.15, -0.1) is 0 Å². The maximum Gasteiger partial charge on any atom is 0.241 e. The van der Waals surface area contributed by atoms with Gasteiger partial charge in [0.2, 0.25) is 11.2 Å². The Kier molecular flexibility index (Phi) is 4.43. The number of hydrogen-bond acceptors (Lipinski definition) is 3. The Hall–Kier alpha value is -1.55. The average Bonchev–Trinajstić information content (AvgIpc) is 2.41. The lowest BCUT2D eigenvalue weighted by Gasteiger charge is -2.12. The van der Waals surface area contributed by atoms with Crippen molar-refractivity contribution in [3.05, 3.63) is 62.6 Å². The van der Waals surface area contributed by atoms with Gasteiger partial charge < -0.3 is 9.15 Å². The molecule has 3 nitrogen and oxygen atoms in total. The Morgan fingerprint density at radius 1 is 1.26 bits per heavy atom. The van der Waals surface area contributed by atoms with Gasteiger partial charge in [-0.25, -0.2) is 0 Å². The molecule has 0 amide bonds. The van der Waals surface area contributed by atoms with Crippen LogP contribution in [0.3, 0.4) is 0 Å². The topological polar surface area (TPSA) is 39.4 Å². The number of benzene rings is 1. The van der Waals surface area contributed by atoms with E-state index in [9.17, 15) is 4.79 Å². The maximum atomic E-state index is 12.1. The van der Waals surface area contributed by atoms with Crippen molar-refractivity contribution in [1.29, 1.82) is 0 Å². The highest BCUT2D eigenvalue weighted by molar-refractivity contribution is 9.10. The molecule has 0 N–H and O–H groups in total. The van der Waals surface area contributed by atoms with Crippen molar-refractivity contribution in [1.82, 2.24) is 0 Å². The predicted molar refractivity (Wildman–Crippen MR) is 77.5 cm³/mol. The molecule has 19 heavy (non-hydrogen) atoms. The average molecular weight is 323 g/mol. The zero-order valence-electron chi connectivity index (χ0n) is 10.9. The van der Waals surface area contributed by atoms with E-state index in [0.29, 0.717) is 16.8 Å². The molecule has 0 saturated carbocycles. The van der Waals surface area contributed by atoms with Crippen molar-refractivity contribution < 1.29 is 9.15 Å². The summed E-state index contributed by atoms with van der Waals surface area (Å²) in [5.74, 6) is 0.948. The summed E-state index contributed by atoms with van der Waals surface area (Å²) in [6, 6.07) is 9.72. The summed E-state index contributed by atoms with van der Waals surface area (Å²) in [7, 11) is 0. The summed E-state index contributed by atoms with van der Waals surface area (Å²) >= 11 is 3.17. The number of hydrogen-bond donors (Lipinski definition) is 0. The second kappa shape index (κ2) is 6.06. The second-order valence-corrected chi connectivity index (χ2v) is 5.39. The van der Waals surface area contributed by atoms with E-state index in [0.717, 1.165) is 5.56 Å². The van der Waals surface area contributed by atoms with E-state index < -0.39 is 0 Å². The number of ether oxygens (including phenoxy) is 1. The molecule has 0 spiro atoms. The Morgan fingerprint density at radius 2 is 1.95 bits per heavy atom. The predicted octanol–water partition coefficient (Wildman–Crippen LogP) is 4.10. The van der Waals surface area contributed by atoms with Crippen LogP contribution in [0.2, 0.25) is 0 Å². The van der Waals surface area contributed by atoms with Crippen LogP contribution in [0.25, 0.3) is 0 Å². The fraction of sp³-hybridized carbons (Fsp3) is 0.267. The largest absolute Gasteiger partial charge is 0.482 e. The molecule has 0 aliphatic rings. The zero-order valence-corrected chi connectivity index (χ0v) is 12.4. The molecule has 0 aliphatic carbocycles. The third-order valence-electron chi connectivity index (χ3n) is 2.69. The van der Waals surface area contributed by atoms with Gasteiger partial charge in [0.05, 0.1) is 0 Å². The van der Waals surface area contributed by atoms with Crippen LogP contribution in [-0.4, -0.2) is 0 Å². The lowest BCUT2D eigenvalue weighted by Crippen LogP contribution is -2.12. The van der Waals surface area contributed by atoms with Crippen LogP contribution in [0.1, 0.15) is 31.1 Å². The van der Waals surface area contributed by atoms with Gasteiger partial charge in [0.25, 0.3) is 0 Å². The second-order valence-electron chi connectivity index (χ2n) is 4.54. The zero-order chi connectivity index (χ0) is 13.8. The van der Waals surface area contributed by atoms with E-state index in [1.807, 2.05) is 44.2 Å². The summed E-state index contributed by atoms with van der Waals surface area (Å²) in [5, 5.41) is 0. The highest BCUT2D eigenvalue weighted by Crippen LogP contribution is 2.25. The van der Waals surface area contributed by atoms with Gasteiger partial charge in [-0.3, -0.25) is 4.79 Å². The monoisotopic (exact) mass is 322 g/mol. The molecule has 0 atom stereocenters. The van der Waals surface area contributed by atoms with Crippen LogP contribution in [0, 0.1) is 0 Å². The maximum absolute atomic E-state index is 12.1. The van der Waals surface area contributed by atoms with Crippen molar-refractivity contribution in [3.63, 3.8) is 0 Å². The summed E-state index contributed by atoms with van der Waals surface area (Å²) in [6.45, 7) is 4.27. The number of halogens is 1. The fourth-order valence-corrected chi connectivity index (χ4v) is 1.98. The molecule has 100 valence electrons. The van der Waals surface area contributed by atoms with E-state index in [1.54, 1.807) is 0 Å². The van der Waals surface area contributed by atoms with E-state index >= 15 is 0 Å². The highest BCUT2D eigenvalue weighted by Gasteiger charge is 2.17. The van der Waals surface area contributed by atoms with Crippen molar-refractivity contribution >= 4 is 15.9 Å². The van der Waals surface area contributed by atoms with Crippen molar-refractivity contribution in [2.45, 2.75) is 26.4 Å². The molecular weight excluding hydrogens is 308 g/mol. The Labute approximate surface area is 120 Å². The molecule has 0 saturated heterocycles. The minimum absolute atomic E-state index is 0.0894. The van der Waals surface area contributed by atoms with Crippen molar-refractivity contribution in [2.75, 3.05) is 0 Å². The van der Waals surface area contributed by atoms with E-state index in [1.165, 1.54) is 6.26 Å². The molecule has 2 rings (SSSR count). The third kappa shape index (κ3) is 3.26. The summed E-state index contributed by atoms with van der Waals surface area (Å²) < 4.78 is 11.5. The first kappa shape index (κ1) is 13.9. The minimum Gasteiger partial charge on any atom is -0.482 e. The van der Waals surface area contributed by atoms with Crippen molar-refractivity contribution in [3.8, 4) is 5.75 Å². The van der Waals surface area contributed by atoms with E-state index in [-0.39, 0.29) is 17.1 Å². The Balaban J connectivity index is 2.29. The normalized spacial score (nSPS) is 10.7. The van der Waals surface area contributed by atoms with Crippen LogP contribution in [0.5, 0.6) is 5.75 Å². The van der Waals surface area contributed by atoms with Gasteiger partial charge in [-0.05, 0) is 21.5 Å². The van der Waals surface area contributed by atoms with Crippen LogP contribution < -0.4 is 10.2 Å². The SMILES string of the molecule is CC(C)c1occ(Br)c(=O)c1OCc1ccccc1. The van der Waals surface area contributed by atoms with E-state index in [2.05, 4.69) is 15.9 Å². The lowest BCUT2D eigenvalue weighted by atomic mass is 10.1. The molecule has 4 heteroatoms. The van der Waals surface area contributed by atoms with Gasteiger partial charge >= 0.3 is 0 Å². The smallest absolute Gasteiger partial charge is 0.241 e. The number of rotatable bonds is 4. The summed E-state index contributed by atoms with van der Waals surface area (Å²) in [5.41, 5.74) is 0.836. The summed E-state index contributed by atoms with van der Waals surface area (Å²) in [6.07, 6.45) is 1.41. The lowest BCUT2D eigenvalue weighted by molar-refractivity contribution is 0.279. The standard InChI is InChI=1S/C15H15BrO3/c1-10(2)14-15(13(17)12(16)9-19-14)18-8-11-6-4-3-5-7-11/h3-7,9-10H,8H2,1-2H3. The molecular formula is C15H15BrO3. The highest BCUT2D eigenvalue weighted by atomic mass is 79.9. The van der Waals surface area contributed by atoms with Gasteiger partial charge in [0.1, 0.15) is 17.3 Å². The fourth-order valence-electron chi connectivity index (χ4n) is 1.71. The van der Waals surface area contributed by atoms with Crippen LogP contribution >= 0.6 is 15.9 Å². The first-order chi connectivity index (χ1) is 9.09. The van der Waals surface area contributed by atoms with Crippen LogP contribution in [0.15, 0.2) is 50.3 Å². The minimum atomic E-state index is -0.175. The summed E-state index contributed by atoms with van der Waals surface area (Å²) in [4.78, 5) is 12.1. The third-order valence-corrected chi connectivity index (χ3v) is 3.23. The molecule has 1 aromatic carbocycles. The molecule has 1 heterocycles.